The molecule has 3 amide bonds. The molecule has 1 atom stereocenters. The first-order valence-electron chi connectivity index (χ1n) is 10.2. The fourth-order valence-electron chi connectivity index (χ4n) is 3.18. The van der Waals surface area contributed by atoms with Gasteiger partial charge in [-0.1, -0.05) is 24.3 Å². The zero-order valence-electron chi connectivity index (χ0n) is 18.4. The fraction of sp³-hybridized carbons (Fsp3) is 0.250. The van der Waals surface area contributed by atoms with E-state index in [1.54, 1.807) is 42.7 Å². The van der Waals surface area contributed by atoms with Crippen molar-refractivity contribution in [1.82, 2.24) is 15.5 Å². The van der Waals surface area contributed by atoms with Crippen molar-refractivity contribution in [3.05, 3.63) is 82.0 Å². The molecule has 7 nitrogen and oxygen atoms in total. The summed E-state index contributed by atoms with van der Waals surface area (Å²) in [6.07, 6.45) is 0. The zero-order valence-corrected chi connectivity index (χ0v) is 19.2. The third-order valence-electron chi connectivity index (χ3n) is 4.76. The zero-order chi connectivity index (χ0) is 22.9. The quantitative estimate of drug-likeness (QED) is 0.456. The fourth-order valence-corrected chi connectivity index (χ4v) is 3.83. The largest absolute Gasteiger partial charge is 0.497 e. The average molecular weight is 453 g/mol. The first-order valence-corrected chi connectivity index (χ1v) is 11.1. The molecular formula is C24H28N4O3S. The van der Waals surface area contributed by atoms with Crippen molar-refractivity contribution in [3.63, 3.8) is 0 Å². The van der Waals surface area contributed by atoms with Crippen LogP contribution in [0.2, 0.25) is 0 Å². The SMILES string of the molecule is COc1ccc(C(CN(C)C)NC(=O)Nc2cccc(C(=O)NCc3cccs3)c2)cc1. The van der Waals surface area contributed by atoms with Gasteiger partial charge in [0.05, 0.1) is 19.7 Å². The summed E-state index contributed by atoms with van der Waals surface area (Å²) in [7, 11) is 5.53. The molecule has 0 aliphatic rings. The predicted octanol–water partition coefficient (Wildman–Crippen LogP) is 4.11. The molecule has 0 bridgehead atoms. The van der Waals surface area contributed by atoms with Crippen LogP contribution >= 0.6 is 11.3 Å². The maximum Gasteiger partial charge on any atom is 0.319 e. The highest BCUT2D eigenvalue weighted by atomic mass is 32.1. The van der Waals surface area contributed by atoms with E-state index in [9.17, 15) is 9.59 Å². The van der Waals surface area contributed by atoms with Crippen LogP contribution < -0.4 is 20.7 Å². The van der Waals surface area contributed by atoms with E-state index in [1.807, 2.05) is 60.8 Å². The Labute approximate surface area is 192 Å². The van der Waals surface area contributed by atoms with Crippen molar-refractivity contribution in [3.8, 4) is 5.75 Å². The van der Waals surface area contributed by atoms with Crippen LogP contribution in [-0.4, -0.2) is 44.6 Å². The van der Waals surface area contributed by atoms with Gasteiger partial charge in [0.2, 0.25) is 0 Å². The van der Waals surface area contributed by atoms with Crippen molar-refractivity contribution in [1.29, 1.82) is 0 Å². The maximum absolute atomic E-state index is 12.7. The minimum atomic E-state index is -0.344. The molecular weight excluding hydrogens is 424 g/mol. The van der Waals surface area contributed by atoms with Crippen molar-refractivity contribution in [2.75, 3.05) is 33.1 Å². The molecule has 3 aromatic rings. The maximum atomic E-state index is 12.7. The summed E-state index contributed by atoms with van der Waals surface area (Å²) in [5.41, 5.74) is 2.00. The molecule has 3 N–H and O–H groups in total. The van der Waals surface area contributed by atoms with Gasteiger partial charge in [0.15, 0.2) is 0 Å². The Morgan fingerprint density at radius 2 is 1.84 bits per heavy atom. The summed E-state index contributed by atoms with van der Waals surface area (Å²) in [6.45, 7) is 1.10. The first-order chi connectivity index (χ1) is 15.4. The highest BCUT2D eigenvalue weighted by Crippen LogP contribution is 2.19. The number of carbonyl (C=O) groups excluding carboxylic acids is 2. The van der Waals surface area contributed by atoms with Gasteiger partial charge in [-0.3, -0.25) is 4.79 Å². The number of urea groups is 1. The van der Waals surface area contributed by atoms with E-state index in [0.717, 1.165) is 16.2 Å². The number of hydrogen-bond acceptors (Lipinski definition) is 5. The average Bonchev–Trinajstić information content (AvgIpc) is 3.30. The van der Waals surface area contributed by atoms with Gasteiger partial charge < -0.3 is 25.6 Å². The van der Waals surface area contributed by atoms with Gasteiger partial charge in [-0.15, -0.1) is 11.3 Å². The summed E-state index contributed by atoms with van der Waals surface area (Å²) >= 11 is 1.59. The molecule has 0 saturated carbocycles. The van der Waals surface area contributed by atoms with Crippen LogP contribution in [0.4, 0.5) is 10.5 Å². The third-order valence-corrected chi connectivity index (χ3v) is 5.63. The summed E-state index contributed by atoms with van der Waals surface area (Å²) < 4.78 is 5.22. The summed E-state index contributed by atoms with van der Waals surface area (Å²) in [4.78, 5) is 28.3. The van der Waals surface area contributed by atoms with E-state index in [1.165, 1.54) is 0 Å². The summed E-state index contributed by atoms with van der Waals surface area (Å²) in [5.74, 6) is 0.571. The monoisotopic (exact) mass is 452 g/mol. The molecule has 1 unspecified atom stereocenters. The molecule has 3 rings (SSSR count). The smallest absolute Gasteiger partial charge is 0.319 e. The molecule has 0 aliphatic carbocycles. The first kappa shape index (κ1) is 23.3. The highest BCUT2D eigenvalue weighted by molar-refractivity contribution is 7.09. The Kier molecular flexibility index (Phi) is 8.24. The molecule has 0 fully saturated rings. The van der Waals surface area contributed by atoms with Gasteiger partial charge >= 0.3 is 6.03 Å². The second-order valence-corrected chi connectivity index (χ2v) is 8.56. The van der Waals surface area contributed by atoms with Crippen LogP contribution in [0.25, 0.3) is 0 Å². The third kappa shape index (κ3) is 6.83. The lowest BCUT2D eigenvalue weighted by molar-refractivity contribution is 0.0951. The minimum absolute atomic E-state index is 0.189. The van der Waals surface area contributed by atoms with E-state index in [0.29, 0.717) is 24.3 Å². The number of likely N-dealkylation sites (N-methyl/N-ethyl adjacent to an activating group) is 1. The van der Waals surface area contributed by atoms with Gasteiger partial charge in [0.25, 0.3) is 5.91 Å². The summed E-state index contributed by atoms with van der Waals surface area (Å²) in [5, 5.41) is 10.7. The molecule has 0 saturated heterocycles. The van der Waals surface area contributed by atoms with Crippen LogP contribution in [0.5, 0.6) is 5.75 Å². The second-order valence-electron chi connectivity index (χ2n) is 7.53. The number of hydrogen-bond donors (Lipinski definition) is 3. The number of nitrogens with one attached hydrogen (secondary N) is 3. The summed E-state index contributed by atoms with van der Waals surface area (Å²) in [6, 6.07) is 17.9. The normalized spacial score (nSPS) is 11.6. The van der Waals surface area contributed by atoms with Gasteiger partial charge in [-0.05, 0) is 61.4 Å². The predicted molar refractivity (Wildman–Crippen MR) is 128 cm³/mol. The topological polar surface area (TPSA) is 82.7 Å². The number of anilines is 1. The molecule has 32 heavy (non-hydrogen) atoms. The molecule has 0 spiro atoms. The Balaban J connectivity index is 1.62. The lowest BCUT2D eigenvalue weighted by Gasteiger charge is -2.23. The van der Waals surface area contributed by atoms with E-state index >= 15 is 0 Å². The number of methoxy groups -OCH3 is 1. The molecule has 1 aromatic heterocycles. The van der Waals surface area contributed by atoms with Crippen LogP contribution in [0, 0.1) is 0 Å². The number of carbonyl (C=O) groups is 2. The molecule has 168 valence electrons. The standard InChI is InChI=1S/C24H28N4O3S/c1-28(2)16-22(17-9-11-20(31-3)12-10-17)27-24(30)26-19-7-4-6-18(14-19)23(29)25-15-21-8-5-13-32-21/h4-14,22H,15-16H2,1-3H3,(H,25,29)(H2,26,27,30). The van der Waals surface area contributed by atoms with E-state index < -0.39 is 0 Å². The minimum Gasteiger partial charge on any atom is -0.497 e. The lowest BCUT2D eigenvalue weighted by atomic mass is 10.1. The molecule has 0 aliphatic heterocycles. The van der Waals surface area contributed by atoms with Gasteiger partial charge in [0, 0.05) is 22.7 Å². The number of ether oxygens (including phenoxy) is 1. The Morgan fingerprint density at radius 3 is 2.50 bits per heavy atom. The number of benzene rings is 2. The van der Waals surface area contributed by atoms with Gasteiger partial charge in [-0.2, -0.15) is 0 Å². The van der Waals surface area contributed by atoms with E-state index in [2.05, 4.69) is 16.0 Å². The number of thiophene rings is 1. The van der Waals surface area contributed by atoms with Gasteiger partial charge in [-0.25, -0.2) is 4.79 Å². The van der Waals surface area contributed by atoms with Crippen molar-refractivity contribution < 1.29 is 14.3 Å². The van der Waals surface area contributed by atoms with Crippen molar-refractivity contribution in [2.24, 2.45) is 0 Å². The second kappa shape index (κ2) is 11.3. The van der Waals surface area contributed by atoms with Crippen LogP contribution in [0.3, 0.4) is 0 Å². The van der Waals surface area contributed by atoms with Crippen LogP contribution in [0.15, 0.2) is 66.0 Å². The van der Waals surface area contributed by atoms with Crippen LogP contribution in [0.1, 0.15) is 26.8 Å². The Bertz CT molecular complexity index is 1020. The number of amides is 3. The number of rotatable bonds is 9. The Morgan fingerprint density at radius 1 is 1.06 bits per heavy atom. The molecule has 8 heteroatoms. The van der Waals surface area contributed by atoms with Gasteiger partial charge in [0.1, 0.15) is 5.75 Å². The molecule has 2 aromatic carbocycles. The molecule has 0 radical (unpaired) electrons. The van der Waals surface area contributed by atoms with Crippen molar-refractivity contribution >= 4 is 29.0 Å². The molecule has 1 heterocycles. The number of nitrogens with zero attached hydrogens (tertiary/aromatic N) is 1. The van der Waals surface area contributed by atoms with E-state index in [4.69, 9.17) is 4.74 Å². The van der Waals surface area contributed by atoms with Crippen LogP contribution in [-0.2, 0) is 6.54 Å². The Hall–Kier alpha value is -3.36. The van der Waals surface area contributed by atoms with Crippen molar-refractivity contribution in [2.45, 2.75) is 12.6 Å². The van der Waals surface area contributed by atoms with E-state index in [-0.39, 0.29) is 18.0 Å². The lowest BCUT2D eigenvalue weighted by Crippen LogP contribution is -2.37. The highest BCUT2D eigenvalue weighted by Gasteiger charge is 2.16.